The van der Waals surface area contributed by atoms with Crippen molar-refractivity contribution in [1.29, 1.82) is 0 Å². The summed E-state index contributed by atoms with van der Waals surface area (Å²) in [5.41, 5.74) is 1.87. The van der Waals surface area contributed by atoms with E-state index >= 15 is 0 Å². The van der Waals surface area contributed by atoms with Crippen molar-refractivity contribution in [2.45, 2.75) is 230 Å². The molecule has 11 heteroatoms. The molecule has 2 heterocycles. The highest BCUT2D eigenvalue weighted by Gasteiger charge is 2.58. The van der Waals surface area contributed by atoms with Crippen LogP contribution in [-0.4, -0.2) is 55.7 Å². The fourth-order valence-electron chi connectivity index (χ4n) is 10.7. The van der Waals surface area contributed by atoms with Gasteiger partial charge in [0.05, 0.1) is 0 Å². The molecule has 2 atom stereocenters. The number of rotatable bonds is 31. The lowest BCUT2D eigenvalue weighted by Gasteiger charge is -2.62. The Kier molecular flexibility index (Phi) is 23.1. The van der Waals surface area contributed by atoms with Gasteiger partial charge >= 0.3 is 12.1 Å². The normalized spacial score (nSPS) is 21.6. The van der Waals surface area contributed by atoms with Crippen molar-refractivity contribution in [2.75, 3.05) is 6.54 Å². The van der Waals surface area contributed by atoms with Crippen LogP contribution in [0.15, 0.2) is 36.7 Å². The highest BCUT2D eigenvalue weighted by Crippen LogP contribution is 2.57. The fraction of sp³-hybridized carbons (Fsp3) is 0.780. The first-order valence-corrected chi connectivity index (χ1v) is 24.6. The van der Waals surface area contributed by atoms with Crippen molar-refractivity contribution < 1.29 is 27.9 Å². The third kappa shape index (κ3) is 20.8. The number of unbranched alkanes of at least 4 members (excludes halogenated alkanes) is 19. The zero-order chi connectivity index (χ0) is 43.7. The number of nitrogens with one attached hydrogen (secondary N) is 2. The Morgan fingerprint density at radius 1 is 0.689 bits per heavy atom. The molecule has 0 aliphatic heterocycles. The molecule has 1 amide bonds. The maximum atomic E-state index is 12.9. The highest BCUT2D eigenvalue weighted by molar-refractivity contribution is 5.92. The molecule has 0 aromatic carbocycles. The Bertz CT molecular complexity index is 1490. The van der Waals surface area contributed by atoms with Gasteiger partial charge in [0, 0.05) is 48.4 Å². The first-order chi connectivity index (χ1) is 29.5. The summed E-state index contributed by atoms with van der Waals surface area (Å²) in [6.45, 7) is 3.42. The van der Waals surface area contributed by atoms with Gasteiger partial charge in [-0.2, -0.15) is 13.2 Å². The molecule has 61 heavy (non-hydrogen) atoms. The molecule has 2 aromatic rings. The molecule has 3 N–H and O–H groups in total. The summed E-state index contributed by atoms with van der Waals surface area (Å²) in [4.78, 5) is 36.6. The number of hydrogen-bond donors (Lipinski definition) is 3. The van der Waals surface area contributed by atoms with Crippen LogP contribution in [0.4, 0.5) is 13.2 Å². The van der Waals surface area contributed by atoms with E-state index < -0.39 is 18.6 Å². The van der Waals surface area contributed by atoms with Crippen molar-refractivity contribution in [3.63, 3.8) is 0 Å². The lowest BCUT2D eigenvalue weighted by Crippen LogP contribution is -2.69. The van der Waals surface area contributed by atoms with Crippen molar-refractivity contribution in [3.8, 4) is 0 Å². The van der Waals surface area contributed by atoms with E-state index in [1.54, 1.807) is 6.20 Å². The molecule has 4 fully saturated rings. The number of amides is 1. The van der Waals surface area contributed by atoms with Crippen LogP contribution in [-0.2, 0) is 17.6 Å². The van der Waals surface area contributed by atoms with Crippen molar-refractivity contribution in [3.05, 3.63) is 53.9 Å². The van der Waals surface area contributed by atoms with E-state index in [4.69, 9.17) is 5.11 Å². The van der Waals surface area contributed by atoms with Crippen LogP contribution < -0.4 is 10.6 Å². The second-order valence-electron chi connectivity index (χ2n) is 19.0. The van der Waals surface area contributed by atoms with Gasteiger partial charge in [-0.25, -0.2) is 9.97 Å². The van der Waals surface area contributed by atoms with Gasteiger partial charge in [0.15, 0.2) is 0 Å². The van der Waals surface area contributed by atoms with Crippen LogP contribution in [0.3, 0.4) is 0 Å². The zero-order valence-corrected chi connectivity index (χ0v) is 37.7. The molecule has 6 rings (SSSR count). The Labute approximate surface area is 366 Å². The number of hydrogen-bond acceptors (Lipinski definition) is 6. The summed E-state index contributed by atoms with van der Waals surface area (Å²) in [5.74, 6) is 1.72. The molecule has 4 aliphatic carbocycles. The maximum absolute atomic E-state index is 12.9. The number of aryl methyl sites for hydroxylation is 2. The molecule has 8 nitrogen and oxygen atoms in total. The predicted octanol–water partition coefficient (Wildman–Crippen LogP) is 13.1. The molecular formula is C50H80F3N5O3. The average Bonchev–Trinajstić information content (AvgIpc) is 3.21. The summed E-state index contributed by atoms with van der Waals surface area (Å²) in [7, 11) is 0. The average molecular weight is 856 g/mol. The number of carbonyl (C=O) groups excluding carboxylic acids is 1. The third-order valence-corrected chi connectivity index (χ3v) is 13.3. The maximum Gasteiger partial charge on any atom is 0.389 e. The molecule has 2 unspecified atom stereocenters. The Balaban J connectivity index is 0.000000269. The summed E-state index contributed by atoms with van der Waals surface area (Å²) >= 11 is 0. The number of aliphatic carboxylic acids is 1. The number of carbonyl (C=O) groups is 2. The molecular weight excluding hydrogens is 776 g/mol. The molecule has 0 saturated heterocycles. The van der Waals surface area contributed by atoms with Gasteiger partial charge in [0.2, 0.25) is 0 Å². The van der Waals surface area contributed by atoms with Gasteiger partial charge in [-0.3, -0.25) is 14.6 Å². The number of alkyl halides is 3. The number of aromatic nitrogens is 3. The van der Waals surface area contributed by atoms with E-state index in [-0.39, 0.29) is 29.8 Å². The standard InChI is InChI=1S/C26H41N3O.C24H39F3N2O2/c1-2-3-4-5-6-7-8-10-14-28-25-16-21-15-22(17-25)19-26(18-21,20-25)29-24(30)23-12-9-11-13-27-23;25-24(26,27)19-14-10-6-2-4-8-12-16-22-28-20-18-21(29-22)15-11-7-3-1-5-9-13-17-23(30)31/h9,11-13,21-22,28H,2-8,10,14-20H2,1H3,(H,29,30);18,20H,1-17,19H2,(H,30,31). The quantitative estimate of drug-likeness (QED) is 0.0647. The van der Waals surface area contributed by atoms with E-state index in [0.29, 0.717) is 12.1 Å². The molecule has 344 valence electrons. The van der Waals surface area contributed by atoms with E-state index in [9.17, 15) is 22.8 Å². The van der Waals surface area contributed by atoms with Crippen LogP contribution in [0.25, 0.3) is 0 Å². The second-order valence-corrected chi connectivity index (χ2v) is 19.0. The number of nitrogens with zero attached hydrogens (tertiary/aromatic N) is 3. The van der Waals surface area contributed by atoms with Gasteiger partial charge in [0.25, 0.3) is 5.91 Å². The van der Waals surface area contributed by atoms with Crippen LogP contribution >= 0.6 is 0 Å². The number of halogens is 3. The van der Waals surface area contributed by atoms with Crippen LogP contribution in [0, 0.1) is 11.8 Å². The summed E-state index contributed by atoms with van der Waals surface area (Å²) < 4.78 is 36.2. The largest absolute Gasteiger partial charge is 0.481 e. The molecule has 0 radical (unpaired) electrons. The van der Waals surface area contributed by atoms with Gasteiger partial charge in [0.1, 0.15) is 11.5 Å². The summed E-state index contributed by atoms with van der Waals surface area (Å²) in [6, 6.07) is 7.57. The number of carboxylic acid groups (broad SMARTS) is 1. The Morgan fingerprint density at radius 3 is 1.87 bits per heavy atom. The van der Waals surface area contributed by atoms with Gasteiger partial charge in [-0.05, 0) is 114 Å². The monoisotopic (exact) mass is 856 g/mol. The first-order valence-electron chi connectivity index (χ1n) is 24.6. The molecule has 4 aliphatic rings. The van der Waals surface area contributed by atoms with Crippen LogP contribution in [0.5, 0.6) is 0 Å². The predicted molar refractivity (Wildman–Crippen MR) is 239 cm³/mol. The zero-order valence-electron chi connectivity index (χ0n) is 37.7. The van der Waals surface area contributed by atoms with Gasteiger partial charge < -0.3 is 15.7 Å². The molecule has 0 spiro atoms. The lowest BCUT2D eigenvalue weighted by atomic mass is 9.50. The Morgan fingerprint density at radius 2 is 1.26 bits per heavy atom. The first kappa shape index (κ1) is 50.6. The third-order valence-electron chi connectivity index (χ3n) is 13.3. The van der Waals surface area contributed by atoms with Crippen molar-refractivity contribution in [2.24, 2.45) is 11.8 Å². The molecule has 4 bridgehead atoms. The minimum atomic E-state index is -4.01. The van der Waals surface area contributed by atoms with Crippen molar-refractivity contribution >= 4 is 11.9 Å². The van der Waals surface area contributed by atoms with Gasteiger partial charge in [-0.15, -0.1) is 0 Å². The second kappa shape index (κ2) is 27.9. The molecule has 4 saturated carbocycles. The summed E-state index contributed by atoms with van der Waals surface area (Å²) in [6.07, 6.45) is 32.8. The minimum Gasteiger partial charge on any atom is -0.481 e. The van der Waals surface area contributed by atoms with Crippen LogP contribution in [0.2, 0.25) is 0 Å². The highest BCUT2D eigenvalue weighted by atomic mass is 19.4. The van der Waals surface area contributed by atoms with E-state index in [1.165, 1.54) is 83.5 Å². The van der Waals surface area contributed by atoms with Crippen molar-refractivity contribution in [1.82, 2.24) is 25.6 Å². The topological polar surface area (TPSA) is 117 Å². The van der Waals surface area contributed by atoms with Crippen LogP contribution in [0.1, 0.15) is 222 Å². The Hall–Kier alpha value is -3.08. The summed E-state index contributed by atoms with van der Waals surface area (Å²) in [5, 5.41) is 16.1. The smallest absolute Gasteiger partial charge is 0.389 e. The SMILES string of the molecule is CCCCCCCCCCNC12CC3CC(C1)CC(NC(=O)c1ccccn1)(C3)C2.O=C(O)CCCCCCCCCc1ccnc(CCCCCCCCCC(F)(F)F)n1. The minimum absolute atomic E-state index is 0.00998. The lowest BCUT2D eigenvalue weighted by molar-refractivity contribution is -0.137. The van der Waals surface area contributed by atoms with E-state index in [1.807, 2.05) is 30.5 Å². The molecule has 2 aromatic heterocycles. The van der Waals surface area contributed by atoms with E-state index in [2.05, 4.69) is 32.5 Å². The van der Waals surface area contributed by atoms with E-state index in [0.717, 1.165) is 126 Å². The van der Waals surface area contributed by atoms with Gasteiger partial charge in [-0.1, -0.05) is 122 Å². The fourth-order valence-corrected chi connectivity index (χ4v) is 10.7. The number of carboxylic acids is 1. The number of pyridine rings is 1.